The molecule has 3 heteroatoms. The van der Waals surface area contributed by atoms with E-state index in [9.17, 15) is 0 Å². The van der Waals surface area contributed by atoms with Crippen molar-refractivity contribution in [2.75, 3.05) is 6.79 Å². The van der Waals surface area contributed by atoms with Gasteiger partial charge in [-0.2, -0.15) is 0 Å². The van der Waals surface area contributed by atoms with E-state index in [0.717, 1.165) is 12.8 Å². The van der Waals surface area contributed by atoms with Crippen LogP contribution in [0.2, 0.25) is 0 Å². The van der Waals surface area contributed by atoms with Crippen LogP contribution in [0, 0.1) is 0 Å². The molecule has 100 valence electrons. The molecule has 1 saturated carbocycles. The molecule has 1 aliphatic carbocycles. The number of hydrogen-bond acceptors (Lipinski definition) is 3. The Bertz CT molecular complexity index is 329. The smallest absolute Gasteiger partial charge is 0.147 e. The molecule has 0 amide bonds. The third-order valence-corrected chi connectivity index (χ3v) is 3.48. The number of rotatable bonds is 5. The fraction of sp³-hybridized carbons (Fsp3) is 0.600. The Morgan fingerprint density at radius 1 is 1.06 bits per heavy atom. The van der Waals surface area contributed by atoms with Crippen molar-refractivity contribution in [3.05, 3.63) is 35.9 Å². The highest BCUT2D eigenvalue weighted by Gasteiger charge is 2.20. The van der Waals surface area contributed by atoms with Gasteiger partial charge < -0.3 is 15.2 Å². The Morgan fingerprint density at radius 2 is 1.83 bits per heavy atom. The van der Waals surface area contributed by atoms with Crippen LogP contribution in [0.1, 0.15) is 37.7 Å². The molecule has 1 aromatic carbocycles. The maximum atomic E-state index is 6.09. The summed E-state index contributed by atoms with van der Waals surface area (Å²) in [7, 11) is 0. The normalized spacial score (nSPS) is 24.7. The molecular weight excluding hydrogens is 226 g/mol. The van der Waals surface area contributed by atoms with Gasteiger partial charge in [-0.15, -0.1) is 0 Å². The van der Waals surface area contributed by atoms with Gasteiger partial charge in [0.2, 0.25) is 0 Å². The van der Waals surface area contributed by atoms with Gasteiger partial charge in [0.1, 0.15) is 6.79 Å². The number of hydrogen-bond donors (Lipinski definition) is 1. The second-order valence-corrected chi connectivity index (χ2v) is 4.96. The first-order valence-electron chi connectivity index (χ1n) is 6.85. The first kappa shape index (κ1) is 13.5. The van der Waals surface area contributed by atoms with Gasteiger partial charge in [-0.1, -0.05) is 49.6 Å². The van der Waals surface area contributed by atoms with Crippen LogP contribution in [0.4, 0.5) is 0 Å². The van der Waals surface area contributed by atoms with Gasteiger partial charge in [0, 0.05) is 6.04 Å². The molecule has 2 atom stereocenters. The molecule has 18 heavy (non-hydrogen) atoms. The molecule has 1 aromatic rings. The van der Waals surface area contributed by atoms with Crippen molar-refractivity contribution < 1.29 is 9.47 Å². The Balaban J connectivity index is 1.65. The maximum Gasteiger partial charge on any atom is 0.147 e. The molecule has 2 unspecified atom stereocenters. The lowest BCUT2D eigenvalue weighted by molar-refractivity contribution is -0.104. The molecule has 1 fully saturated rings. The van der Waals surface area contributed by atoms with E-state index in [4.69, 9.17) is 15.2 Å². The van der Waals surface area contributed by atoms with Crippen molar-refractivity contribution in [1.82, 2.24) is 0 Å². The van der Waals surface area contributed by atoms with Crippen LogP contribution < -0.4 is 5.73 Å². The summed E-state index contributed by atoms with van der Waals surface area (Å²) in [6, 6.07) is 10.3. The summed E-state index contributed by atoms with van der Waals surface area (Å²) in [4.78, 5) is 0. The first-order chi connectivity index (χ1) is 8.86. The highest BCUT2D eigenvalue weighted by atomic mass is 16.7. The van der Waals surface area contributed by atoms with Crippen LogP contribution in [0.25, 0.3) is 0 Å². The van der Waals surface area contributed by atoms with Crippen molar-refractivity contribution in [2.24, 2.45) is 5.73 Å². The zero-order valence-electron chi connectivity index (χ0n) is 10.9. The largest absolute Gasteiger partial charge is 0.351 e. The Hall–Kier alpha value is -0.900. The number of benzene rings is 1. The highest BCUT2D eigenvalue weighted by Crippen LogP contribution is 2.19. The lowest BCUT2D eigenvalue weighted by Gasteiger charge is -2.21. The van der Waals surface area contributed by atoms with Crippen LogP contribution in [0.5, 0.6) is 0 Å². The molecular formula is C15H23NO2. The molecule has 0 saturated heterocycles. The summed E-state index contributed by atoms with van der Waals surface area (Å²) in [5, 5.41) is 0. The molecule has 0 aromatic heterocycles. The van der Waals surface area contributed by atoms with E-state index < -0.39 is 0 Å². The minimum atomic E-state index is 0.170. The molecule has 0 radical (unpaired) electrons. The van der Waals surface area contributed by atoms with E-state index >= 15 is 0 Å². The SMILES string of the molecule is NC1CCCCCC1OCOCc1ccccc1. The predicted molar refractivity (Wildman–Crippen MR) is 72.0 cm³/mol. The average molecular weight is 249 g/mol. The highest BCUT2D eigenvalue weighted by molar-refractivity contribution is 5.13. The van der Waals surface area contributed by atoms with Gasteiger partial charge in [0.15, 0.2) is 0 Å². The lowest BCUT2D eigenvalue weighted by Crippen LogP contribution is -2.36. The monoisotopic (exact) mass is 249 g/mol. The second-order valence-electron chi connectivity index (χ2n) is 4.96. The Labute approximate surface area is 109 Å². The average Bonchev–Trinajstić information content (AvgIpc) is 2.61. The minimum Gasteiger partial charge on any atom is -0.351 e. The zero-order valence-corrected chi connectivity index (χ0v) is 10.9. The Morgan fingerprint density at radius 3 is 2.67 bits per heavy atom. The molecule has 0 aliphatic heterocycles. The quantitative estimate of drug-likeness (QED) is 0.496. The summed E-state index contributed by atoms with van der Waals surface area (Å²) in [6.07, 6.45) is 6.03. The predicted octanol–water partition coefficient (Wildman–Crippen LogP) is 2.84. The van der Waals surface area contributed by atoms with Gasteiger partial charge in [-0.3, -0.25) is 0 Å². The van der Waals surface area contributed by atoms with E-state index in [1.165, 1.54) is 24.8 Å². The van der Waals surface area contributed by atoms with Gasteiger partial charge in [0.25, 0.3) is 0 Å². The summed E-state index contributed by atoms with van der Waals surface area (Å²) in [6.45, 7) is 0.941. The topological polar surface area (TPSA) is 44.5 Å². The van der Waals surface area contributed by atoms with Crippen molar-refractivity contribution in [1.29, 1.82) is 0 Å². The fourth-order valence-corrected chi connectivity index (χ4v) is 2.38. The van der Waals surface area contributed by atoms with Crippen molar-refractivity contribution >= 4 is 0 Å². The summed E-state index contributed by atoms with van der Waals surface area (Å²) >= 11 is 0. The third kappa shape index (κ3) is 4.41. The van der Waals surface area contributed by atoms with Crippen LogP contribution in [0.3, 0.4) is 0 Å². The molecule has 0 spiro atoms. The van der Waals surface area contributed by atoms with Gasteiger partial charge in [0.05, 0.1) is 12.7 Å². The van der Waals surface area contributed by atoms with Gasteiger partial charge in [-0.05, 0) is 18.4 Å². The van der Waals surface area contributed by atoms with Crippen LogP contribution in [-0.4, -0.2) is 18.9 Å². The molecule has 2 rings (SSSR count). The standard InChI is InChI=1S/C15H23NO2/c16-14-9-5-2-6-10-15(14)18-12-17-11-13-7-3-1-4-8-13/h1,3-4,7-8,14-15H,2,5-6,9-12,16H2. The van der Waals surface area contributed by atoms with E-state index in [-0.39, 0.29) is 12.1 Å². The van der Waals surface area contributed by atoms with Crippen molar-refractivity contribution in [3.63, 3.8) is 0 Å². The van der Waals surface area contributed by atoms with E-state index in [2.05, 4.69) is 12.1 Å². The molecule has 3 nitrogen and oxygen atoms in total. The van der Waals surface area contributed by atoms with E-state index in [1.54, 1.807) is 0 Å². The lowest BCUT2D eigenvalue weighted by atomic mass is 10.1. The van der Waals surface area contributed by atoms with Crippen LogP contribution >= 0.6 is 0 Å². The Kier molecular flexibility index (Phi) is 5.65. The van der Waals surface area contributed by atoms with Gasteiger partial charge in [-0.25, -0.2) is 0 Å². The van der Waals surface area contributed by atoms with E-state index in [0.29, 0.717) is 13.4 Å². The van der Waals surface area contributed by atoms with Crippen molar-refractivity contribution in [2.45, 2.75) is 50.9 Å². The maximum absolute atomic E-state index is 6.09. The fourth-order valence-electron chi connectivity index (χ4n) is 2.38. The second kappa shape index (κ2) is 7.52. The zero-order chi connectivity index (χ0) is 12.6. The third-order valence-electron chi connectivity index (χ3n) is 3.48. The summed E-state index contributed by atoms with van der Waals surface area (Å²) in [5.41, 5.74) is 7.26. The molecule has 0 heterocycles. The molecule has 1 aliphatic rings. The number of ether oxygens (including phenoxy) is 2. The minimum absolute atomic E-state index is 0.170. The van der Waals surface area contributed by atoms with E-state index in [1.807, 2.05) is 18.2 Å². The molecule has 0 bridgehead atoms. The van der Waals surface area contributed by atoms with Gasteiger partial charge >= 0.3 is 0 Å². The first-order valence-corrected chi connectivity index (χ1v) is 6.85. The summed E-state index contributed by atoms with van der Waals surface area (Å²) < 4.78 is 11.3. The molecule has 2 N–H and O–H groups in total. The number of nitrogens with two attached hydrogens (primary N) is 1. The van der Waals surface area contributed by atoms with Crippen LogP contribution in [-0.2, 0) is 16.1 Å². The van der Waals surface area contributed by atoms with Crippen molar-refractivity contribution in [3.8, 4) is 0 Å². The van der Waals surface area contributed by atoms with Crippen LogP contribution in [0.15, 0.2) is 30.3 Å². The summed E-state index contributed by atoms with van der Waals surface area (Å²) in [5.74, 6) is 0.